The Bertz CT molecular complexity index is 492. The SMILES string of the molecule is O=C(O)c1noc(C2CN(C(=O)C(F)(F)F)C2)n1. The highest BCUT2D eigenvalue weighted by Gasteiger charge is 2.48. The zero-order valence-corrected chi connectivity index (χ0v) is 8.64. The number of carbonyl (C=O) groups excluding carboxylic acids is 1. The van der Waals surface area contributed by atoms with Crippen LogP contribution in [0.4, 0.5) is 13.2 Å². The van der Waals surface area contributed by atoms with Crippen molar-refractivity contribution < 1.29 is 32.4 Å². The molecule has 0 atom stereocenters. The van der Waals surface area contributed by atoms with Gasteiger partial charge < -0.3 is 14.5 Å². The first-order chi connectivity index (χ1) is 8.29. The van der Waals surface area contributed by atoms with E-state index in [1.807, 2.05) is 0 Å². The minimum Gasteiger partial charge on any atom is -0.475 e. The Morgan fingerprint density at radius 1 is 1.39 bits per heavy atom. The lowest BCUT2D eigenvalue weighted by atomic mass is 10.00. The lowest BCUT2D eigenvalue weighted by Gasteiger charge is -2.37. The fourth-order valence-corrected chi connectivity index (χ4v) is 1.47. The largest absolute Gasteiger partial charge is 0.475 e. The normalized spacial score (nSPS) is 16.5. The number of amides is 1. The Morgan fingerprint density at radius 3 is 2.44 bits per heavy atom. The van der Waals surface area contributed by atoms with Gasteiger partial charge in [-0.1, -0.05) is 0 Å². The molecule has 2 heterocycles. The molecule has 0 spiro atoms. The summed E-state index contributed by atoms with van der Waals surface area (Å²) in [7, 11) is 0. The summed E-state index contributed by atoms with van der Waals surface area (Å²) < 4.78 is 40.7. The summed E-state index contributed by atoms with van der Waals surface area (Å²) in [5, 5.41) is 11.6. The number of nitrogens with zero attached hydrogens (tertiary/aromatic N) is 3. The topological polar surface area (TPSA) is 96.5 Å². The van der Waals surface area contributed by atoms with E-state index in [4.69, 9.17) is 5.11 Å². The monoisotopic (exact) mass is 265 g/mol. The van der Waals surface area contributed by atoms with E-state index in [2.05, 4.69) is 14.7 Å². The molecule has 1 fully saturated rings. The average Bonchev–Trinajstić information content (AvgIpc) is 2.62. The number of carboxylic acids is 1. The molecule has 0 saturated carbocycles. The Labute approximate surface area is 97.2 Å². The molecular weight excluding hydrogens is 259 g/mol. The first-order valence-corrected chi connectivity index (χ1v) is 4.72. The summed E-state index contributed by atoms with van der Waals surface area (Å²) in [4.78, 5) is 25.3. The second-order valence-electron chi connectivity index (χ2n) is 3.67. The third-order valence-electron chi connectivity index (χ3n) is 2.39. The van der Waals surface area contributed by atoms with Gasteiger partial charge in [-0.25, -0.2) is 4.79 Å². The van der Waals surface area contributed by atoms with Crippen molar-refractivity contribution in [1.29, 1.82) is 0 Å². The van der Waals surface area contributed by atoms with Gasteiger partial charge in [-0.3, -0.25) is 4.79 Å². The Morgan fingerprint density at radius 2 is 2.00 bits per heavy atom. The van der Waals surface area contributed by atoms with Crippen LogP contribution >= 0.6 is 0 Å². The number of carboxylic acid groups (broad SMARTS) is 1. The zero-order chi connectivity index (χ0) is 13.5. The van der Waals surface area contributed by atoms with E-state index in [0.717, 1.165) is 0 Å². The molecule has 1 aliphatic heterocycles. The predicted molar refractivity (Wildman–Crippen MR) is 46.6 cm³/mol. The van der Waals surface area contributed by atoms with Crippen molar-refractivity contribution in [2.24, 2.45) is 0 Å². The quantitative estimate of drug-likeness (QED) is 0.823. The number of alkyl halides is 3. The third kappa shape index (κ3) is 2.13. The lowest BCUT2D eigenvalue weighted by Crippen LogP contribution is -2.53. The molecule has 0 aliphatic carbocycles. The maximum atomic E-state index is 12.0. The summed E-state index contributed by atoms with van der Waals surface area (Å²) in [6.07, 6.45) is -4.91. The third-order valence-corrected chi connectivity index (χ3v) is 2.39. The maximum absolute atomic E-state index is 12.0. The van der Waals surface area contributed by atoms with Crippen LogP contribution < -0.4 is 0 Å². The summed E-state index contributed by atoms with van der Waals surface area (Å²) in [5.74, 6) is -4.54. The number of halogens is 3. The second-order valence-corrected chi connectivity index (χ2v) is 3.67. The van der Waals surface area contributed by atoms with Gasteiger partial charge in [0, 0.05) is 13.1 Å². The molecule has 98 valence electrons. The molecular formula is C8H6F3N3O4. The maximum Gasteiger partial charge on any atom is 0.471 e. The van der Waals surface area contributed by atoms with Crippen molar-refractivity contribution in [2.75, 3.05) is 13.1 Å². The molecule has 1 saturated heterocycles. The number of hydrogen-bond acceptors (Lipinski definition) is 5. The average molecular weight is 265 g/mol. The van der Waals surface area contributed by atoms with E-state index in [9.17, 15) is 22.8 Å². The highest BCUT2D eigenvalue weighted by Crippen LogP contribution is 2.29. The minimum absolute atomic E-state index is 0.0846. The molecule has 0 aromatic carbocycles. The molecule has 1 aromatic heterocycles. The van der Waals surface area contributed by atoms with Crippen LogP contribution in [-0.4, -0.2) is 51.3 Å². The molecule has 0 radical (unpaired) electrons. The van der Waals surface area contributed by atoms with E-state index < -0.39 is 29.8 Å². The van der Waals surface area contributed by atoms with Crippen LogP contribution in [0.1, 0.15) is 22.4 Å². The van der Waals surface area contributed by atoms with Crippen molar-refractivity contribution in [3.05, 3.63) is 11.7 Å². The first-order valence-electron chi connectivity index (χ1n) is 4.72. The van der Waals surface area contributed by atoms with Crippen LogP contribution in [0.5, 0.6) is 0 Å². The molecule has 7 nitrogen and oxygen atoms in total. The van der Waals surface area contributed by atoms with Gasteiger partial charge in [0.2, 0.25) is 5.89 Å². The molecule has 1 aliphatic rings. The number of rotatable bonds is 2. The molecule has 0 bridgehead atoms. The molecule has 0 unspecified atom stereocenters. The van der Waals surface area contributed by atoms with Gasteiger partial charge in [-0.15, -0.1) is 0 Å². The Hall–Kier alpha value is -2.13. The van der Waals surface area contributed by atoms with Gasteiger partial charge in [0.15, 0.2) is 0 Å². The van der Waals surface area contributed by atoms with Gasteiger partial charge in [-0.05, 0) is 5.16 Å². The Kier molecular flexibility index (Phi) is 2.71. The van der Waals surface area contributed by atoms with Crippen LogP contribution in [-0.2, 0) is 4.79 Å². The van der Waals surface area contributed by atoms with Gasteiger partial charge in [0.25, 0.3) is 5.82 Å². The van der Waals surface area contributed by atoms with Crippen molar-refractivity contribution >= 4 is 11.9 Å². The number of aromatic carboxylic acids is 1. The minimum atomic E-state index is -4.91. The van der Waals surface area contributed by atoms with Crippen molar-refractivity contribution in [2.45, 2.75) is 12.1 Å². The summed E-state index contributed by atoms with van der Waals surface area (Å²) in [6, 6.07) is 0. The zero-order valence-electron chi connectivity index (χ0n) is 8.64. The van der Waals surface area contributed by atoms with Crippen molar-refractivity contribution in [3.8, 4) is 0 Å². The fraction of sp³-hybridized carbons (Fsp3) is 0.500. The van der Waals surface area contributed by atoms with Crippen molar-refractivity contribution in [1.82, 2.24) is 15.0 Å². The number of likely N-dealkylation sites (tertiary alicyclic amines) is 1. The highest BCUT2D eigenvalue weighted by atomic mass is 19.4. The van der Waals surface area contributed by atoms with E-state index in [1.165, 1.54) is 0 Å². The Balaban J connectivity index is 1.96. The molecule has 2 rings (SSSR count). The lowest BCUT2D eigenvalue weighted by molar-refractivity contribution is -0.190. The van der Waals surface area contributed by atoms with Crippen LogP contribution in [0, 0.1) is 0 Å². The van der Waals surface area contributed by atoms with Crippen LogP contribution in [0.2, 0.25) is 0 Å². The predicted octanol–water partition coefficient (Wildman–Crippen LogP) is 0.256. The highest BCUT2D eigenvalue weighted by molar-refractivity contribution is 5.83. The number of aromatic nitrogens is 2. The summed E-state index contributed by atoms with van der Waals surface area (Å²) in [6.45, 7) is -0.445. The number of hydrogen-bond donors (Lipinski definition) is 1. The van der Waals surface area contributed by atoms with E-state index in [1.54, 1.807) is 0 Å². The second kappa shape index (κ2) is 3.96. The van der Waals surface area contributed by atoms with Gasteiger partial charge in [0.05, 0.1) is 5.92 Å². The standard InChI is InChI=1S/C8H6F3N3O4/c9-8(10,11)7(17)14-1-3(2-14)5-12-4(6(15)16)13-18-5/h3H,1-2H2,(H,15,16). The smallest absolute Gasteiger partial charge is 0.471 e. The first kappa shape index (κ1) is 12.3. The van der Waals surface area contributed by atoms with E-state index >= 15 is 0 Å². The number of carbonyl (C=O) groups is 2. The molecule has 18 heavy (non-hydrogen) atoms. The van der Waals surface area contributed by atoms with Crippen LogP contribution in [0.3, 0.4) is 0 Å². The van der Waals surface area contributed by atoms with E-state index in [-0.39, 0.29) is 19.0 Å². The van der Waals surface area contributed by atoms with Crippen LogP contribution in [0.25, 0.3) is 0 Å². The van der Waals surface area contributed by atoms with Crippen LogP contribution in [0.15, 0.2) is 4.52 Å². The molecule has 1 amide bonds. The van der Waals surface area contributed by atoms with Gasteiger partial charge >= 0.3 is 18.1 Å². The molecule has 10 heteroatoms. The van der Waals surface area contributed by atoms with Gasteiger partial charge in [-0.2, -0.15) is 18.2 Å². The fourth-order valence-electron chi connectivity index (χ4n) is 1.47. The summed E-state index contributed by atoms with van der Waals surface area (Å²) >= 11 is 0. The molecule has 1 aromatic rings. The molecule has 1 N–H and O–H groups in total. The van der Waals surface area contributed by atoms with E-state index in [0.29, 0.717) is 4.90 Å². The van der Waals surface area contributed by atoms with Crippen molar-refractivity contribution in [3.63, 3.8) is 0 Å². The van der Waals surface area contributed by atoms with Gasteiger partial charge in [0.1, 0.15) is 0 Å². The summed E-state index contributed by atoms with van der Waals surface area (Å²) in [5.41, 5.74) is 0.